The maximum absolute atomic E-state index is 12.0. The number of hydrogen-bond acceptors (Lipinski definition) is 3. The highest BCUT2D eigenvalue weighted by atomic mass is 79.9. The number of rotatable bonds is 3. The van der Waals surface area contributed by atoms with Crippen LogP contribution in [0.15, 0.2) is 38.9 Å². The van der Waals surface area contributed by atoms with Crippen molar-refractivity contribution in [1.29, 1.82) is 0 Å². The maximum atomic E-state index is 12.0. The molecule has 0 N–H and O–H groups in total. The van der Waals surface area contributed by atoms with Crippen LogP contribution >= 0.6 is 27.3 Å². The first kappa shape index (κ1) is 12.3. The Kier molecular flexibility index (Phi) is 3.59. The van der Waals surface area contributed by atoms with Crippen molar-refractivity contribution >= 4 is 33.0 Å². The minimum Gasteiger partial charge on any atom is -0.296 e. The Morgan fingerprint density at radius 3 is 2.53 bits per heavy atom. The van der Waals surface area contributed by atoms with E-state index in [1.54, 1.807) is 17.5 Å². The van der Waals surface area contributed by atoms with Crippen LogP contribution in [0.3, 0.4) is 0 Å². The van der Waals surface area contributed by atoms with Crippen molar-refractivity contribution in [3.8, 4) is 0 Å². The summed E-state index contributed by atoms with van der Waals surface area (Å²) in [6.07, 6.45) is 0. The van der Waals surface area contributed by atoms with Crippen LogP contribution in [0.5, 0.6) is 0 Å². The van der Waals surface area contributed by atoms with Crippen molar-refractivity contribution < 1.29 is 4.79 Å². The zero-order valence-electron chi connectivity index (χ0n) is 9.14. The molecule has 88 valence electrons. The van der Waals surface area contributed by atoms with Gasteiger partial charge >= 0.3 is 4.87 Å². The van der Waals surface area contributed by atoms with Gasteiger partial charge in [-0.2, -0.15) is 0 Å². The van der Waals surface area contributed by atoms with E-state index in [0.29, 0.717) is 5.56 Å². The lowest BCUT2D eigenvalue weighted by molar-refractivity contribution is 0.0970. The van der Waals surface area contributed by atoms with E-state index in [9.17, 15) is 9.59 Å². The summed E-state index contributed by atoms with van der Waals surface area (Å²) in [4.78, 5) is 23.4. The Hall–Kier alpha value is -1.20. The first-order valence-corrected chi connectivity index (χ1v) is 6.69. The smallest absolute Gasteiger partial charge is 0.296 e. The number of carbonyl (C=O) groups is 1. The highest BCUT2D eigenvalue weighted by molar-refractivity contribution is 9.10. The molecule has 0 saturated carbocycles. The zero-order valence-corrected chi connectivity index (χ0v) is 11.5. The Balaban J connectivity index is 2.23. The number of Topliss-reactive ketones (excluding diaryl/α,β-unsaturated/α-hetero) is 1. The van der Waals surface area contributed by atoms with Crippen LogP contribution in [0.1, 0.15) is 16.1 Å². The molecule has 0 radical (unpaired) electrons. The fraction of sp³-hybridized carbons (Fsp3) is 0.167. The second-order valence-electron chi connectivity index (χ2n) is 3.66. The van der Waals surface area contributed by atoms with Gasteiger partial charge in [0.25, 0.3) is 0 Å². The summed E-state index contributed by atoms with van der Waals surface area (Å²) in [5.74, 6) is -0.0545. The lowest BCUT2D eigenvalue weighted by atomic mass is 10.1. The molecule has 5 heteroatoms. The monoisotopic (exact) mass is 311 g/mol. The van der Waals surface area contributed by atoms with E-state index >= 15 is 0 Å². The fourth-order valence-electron chi connectivity index (χ4n) is 1.47. The number of aromatic nitrogens is 1. The molecule has 2 rings (SSSR count). The molecule has 0 fully saturated rings. The van der Waals surface area contributed by atoms with Crippen LogP contribution in [-0.2, 0) is 6.54 Å². The number of aryl methyl sites for hydroxylation is 1. The third kappa shape index (κ3) is 2.73. The molecule has 0 amide bonds. The first-order valence-electron chi connectivity index (χ1n) is 5.01. The van der Waals surface area contributed by atoms with Crippen LogP contribution in [-0.4, -0.2) is 10.4 Å². The van der Waals surface area contributed by atoms with Crippen molar-refractivity contribution in [2.75, 3.05) is 0 Å². The molecule has 1 aromatic heterocycles. The van der Waals surface area contributed by atoms with Crippen molar-refractivity contribution in [2.45, 2.75) is 13.5 Å². The molecule has 0 aliphatic carbocycles. The summed E-state index contributed by atoms with van der Waals surface area (Å²) in [5, 5.41) is 1.76. The van der Waals surface area contributed by atoms with Crippen molar-refractivity contribution in [1.82, 2.24) is 4.57 Å². The minimum absolute atomic E-state index is 0.0545. The largest absolute Gasteiger partial charge is 0.307 e. The van der Waals surface area contributed by atoms with E-state index in [1.807, 2.05) is 19.1 Å². The third-order valence-corrected chi connectivity index (χ3v) is 3.85. The lowest BCUT2D eigenvalue weighted by Gasteiger charge is -2.03. The van der Waals surface area contributed by atoms with Crippen LogP contribution < -0.4 is 4.87 Å². The third-order valence-electron chi connectivity index (χ3n) is 2.44. The van der Waals surface area contributed by atoms with Crippen molar-refractivity contribution in [3.63, 3.8) is 0 Å². The zero-order chi connectivity index (χ0) is 12.4. The van der Waals surface area contributed by atoms with E-state index in [4.69, 9.17) is 0 Å². The van der Waals surface area contributed by atoms with E-state index < -0.39 is 0 Å². The number of thiazole rings is 1. The lowest BCUT2D eigenvalue weighted by Crippen LogP contribution is -2.20. The van der Waals surface area contributed by atoms with Gasteiger partial charge in [0.2, 0.25) is 0 Å². The highest BCUT2D eigenvalue weighted by Gasteiger charge is 2.10. The van der Waals surface area contributed by atoms with Gasteiger partial charge in [0, 0.05) is 21.1 Å². The topological polar surface area (TPSA) is 39.1 Å². The molecule has 0 unspecified atom stereocenters. The van der Waals surface area contributed by atoms with Crippen LogP contribution in [0.4, 0.5) is 0 Å². The number of halogens is 1. The standard InChI is InChI=1S/C12H10BrNO2S/c1-8-7-17-12(16)14(8)6-11(15)9-2-4-10(13)5-3-9/h2-5,7H,6H2,1H3. The molecule has 1 heterocycles. The fourth-order valence-corrected chi connectivity index (χ4v) is 2.47. The van der Waals surface area contributed by atoms with Gasteiger partial charge in [-0.05, 0) is 19.1 Å². The van der Waals surface area contributed by atoms with Gasteiger partial charge in [-0.15, -0.1) is 0 Å². The predicted molar refractivity (Wildman–Crippen MR) is 71.8 cm³/mol. The molecule has 0 aliphatic heterocycles. The summed E-state index contributed by atoms with van der Waals surface area (Å²) < 4.78 is 2.42. The SMILES string of the molecule is Cc1csc(=O)n1CC(=O)c1ccc(Br)cc1. The van der Waals surface area contributed by atoms with Gasteiger partial charge in [-0.3, -0.25) is 14.2 Å². The molecule has 0 bridgehead atoms. The summed E-state index contributed by atoms with van der Waals surface area (Å²) >= 11 is 4.43. The second-order valence-corrected chi connectivity index (χ2v) is 5.40. The number of benzene rings is 1. The number of carbonyl (C=O) groups excluding carboxylic acids is 1. The molecular formula is C12H10BrNO2S. The number of hydrogen-bond donors (Lipinski definition) is 0. The van der Waals surface area contributed by atoms with Gasteiger partial charge in [0.15, 0.2) is 5.78 Å². The van der Waals surface area contributed by atoms with Gasteiger partial charge in [0.05, 0.1) is 6.54 Å². The summed E-state index contributed by atoms with van der Waals surface area (Å²) in [7, 11) is 0. The molecule has 0 spiro atoms. The quantitative estimate of drug-likeness (QED) is 0.818. The van der Waals surface area contributed by atoms with Gasteiger partial charge in [-0.25, -0.2) is 0 Å². The molecule has 1 aromatic carbocycles. The first-order chi connectivity index (χ1) is 8.08. The van der Waals surface area contributed by atoms with E-state index in [1.165, 1.54) is 4.57 Å². The normalized spacial score (nSPS) is 10.5. The number of ketones is 1. The van der Waals surface area contributed by atoms with Crippen LogP contribution in [0, 0.1) is 6.92 Å². The minimum atomic E-state index is -0.0899. The highest BCUT2D eigenvalue weighted by Crippen LogP contribution is 2.12. The van der Waals surface area contributed by atoms with Gasteiger partial charge in [0.1, 0.15) is 0 Å². The predicted octanol–water partition coefficient (Wildman–Crippen LogP) is 2.86. The molecule has 0 atom stereocenters. The van der Waals surface area contributed by atoms with Crippen LogP contribution in [0.25, 0.3) is 0 Å². The van der Waals surface area contributed by atoms with Gasteiger partial charge in [-0.1, -0.05) is 39.4 Å². The number of nitrogens with zero attached hydrogens (tertiary/aromatic N) is 1. The van der Waals surface area contributed by atoms with E-state index in [0.717, 1.165) is 21.5 Å². The van der Waals surface area contributed by atoms with Crippen LogP contribution in [0.2, 0.25) is 0 Å². The van der Waals surface area contributed by atoms with Crippen molar-refractivity contribution in [2.24, 2.45) is 0 Å². The second kappa shape index (κ2) is 4.98. The Bertz CT molecular complexity index is 598. The molecule has 0 saturated heterocycles. The summed E-state index contributed by atoms with van der Waals surface area (Å²) in [6.45, 7) is 1.93. The van der Waals surface area contributed by atoms with E-state index in [-0.39, 0.29) is 17.2 Å². The summed E-state index contributed by atoms with van der Waals surface area (Å²) in [5.41, 5.74) is 1.44. The molecule has 0 aliphatic rings. The van der Waals surface area contributed by atoms with Crippen molar-refractivity contribution in [3.05, 3.63) is 55.0 Å². The summed E-state index contributed by atoms with van der Waals surface area (Å²) in [6, 6.07) is 7.13. The average Bonchev–Trinajstić information content (AvgIpc) is 2.61. The molecule has 3 nitrogen and oxygen atoms in total. The Labute approximate surface area is 111 Å². The molecular weight excluding hydrogens is 302 g/mol. The van der Waals surface area contributed by atoms with Gasteiger partial charge < -0.3 is 0 Å². The van der Waals surface area contributed by atoms with E-state index in [2.05, 4.69) is 15.9 Å². The Morgan fingerprint density at radius 2 is 2.00 bits per heavy atom. The maximum Gasteiger partial charge on any atom is 0.307 e. The molecule has 2 aromatic rings. The molecule has 17 heavy (non-hydrogen) atoms. The Morgan fingerprint density at radius 1 is 1.35 bits per heavy atom. The average molecular weight is 312 g/mol.